The molecule has 0 unspecified atom stereocenters. The van der Waals surface area contributed by atoms with E-state index in [4.69, 9.17) is 39.2 Å². The lowest BCUT2D eigenvalue weighted by molar-refractivity contribution is 1.63. The third-order valence-corrected chi connectivity index (χ3v) is 10.6. The molecule has 0 nitrogen and oxygen atoms in total. The van der Waals surface area contributed by atoms with Crippen LogP contribution in [0, 0.1) is 0 Å². The molecule has 0 aliphatic heterocycles. The number of hydrogen-bond donors (Lipinski definition) is 0. The van der Waals surface area contributed by atoms with E-state index >= 15 is 0 Å². The highest BCUT2D eigenvalue weighted by Crippen LogP contribution is 2.44. The first-order valence-electron chi connectivity index (χ1n) is 16.4. The number of rotatable bonds is 3. The molecule has 0 aliphatic rings. The zero-order valence-electron chi connectivity index (χ0n) is 26.5. The van der Waals surface area contributed by atoms with E-state index in [1.807, 2.05) is 0 Å². The van der Waals surface area contributed by atoms with Crippen LogP contribution in [0.1, 0.15) is 0 Å². The molecular weight excluding hydrogens is 583 g/mol. The Hall–Kier alpha value is -5.40. The first-order valence-corrected chi connectivity index (χ1v) is 16.4. The maximum Gasteiger partial charge on any atom is 0.113 e. The maximum absolute atomic E-state index is 6.73. The summed E-state index contributed by atoms with van der Waals surface area (Å²) in [4.78, 5) is 0. The minimum absolute atomic E-state index is 0.202. The molecule has 0 spiro atoms. The maximum atomic E-state index is 6.73. The average molecular weight is 604 g/mol. The van der Waals surface area contributed by atoms with Crippen LogP contribution < -0.4 is 27.3 Å². The predicted molar refractivity (Wildman–Crippen MR) is 217 cm³/mol. The van der Waals surface area contributed by atoms with Crippen LogP contribution in [0.25, 0.3) is 98.0 Å². The Kier molecular flexibility index (Phi) is 6.01. The minimum atomic E-state index is 0.202. The van der Waals surface area contributed by atoms with Crippen LogP contribution in [-0.2, 0) is 0 Å². The van der Waals surface area contributed by atoms with E-state index < -0.39 is 0 Å². The van der Waals surface area contributed by atoms with Crippen LogP contribution in [0.2, 0.25) is 0 Å². The van der Waals surface area contributed by atoms with Crippen molar-refractivity contribution >= 4 is 131 Å². The molecule has 0 saturated heterocycles. The second-order valence-corrected chi connectivity index (χ2v) is 13.1. The Morgan fingerprint density at radius 2 is 0.673 bits per heavy atom. The average Bonchev–Trinajstić information content (AvgIpc) is 3.14. The monoisotopic (exact) mass is 604 g/mol. The standard InChI is InChI=1S/C44H21B5/c45-40-39(41(46)43(48)44(49)42(40)47)33-20-15-28(29-16-11-26-9-7-22-3-1-5-24-13-18-31(29)37(26)35(22)24)21-34(33)30-17-12-27-10-8-23-4-2-6-25-14-19-32(30)38(27)36(23)25/h1-21H. The van der Waals surface area contributed by atoms with Gasteiger partial charge in [0.05, 0.1) is 0 Å². The van der Waals surface area contributed by atoms with Crippen LogP contribution in [0.4, 0.5) is 0 Å². The Labute approximate surface area is 290 Å². The summed E-state index contributed by atoms with van der Waals surface area (Å²) in [6.07, 6.45) is 0. The van der Waals surface area contributed by atoms with Crippen molar-refractivity contribution in [1.82, 2.24) is 0 Å². The van der Waals surface area contributed by atoms with Gasteiger partial charge in [-0.05, 0) is 104 Å². The summed E-state index contributed by atoms with van der Waals surface area (Å²) in [5.74, 6) is 0. The lowest BCUT2D eigenvalue weighted by Gasteiger charge is -2.24. The van der Waals surface area contributed by atoms with E-state index in [0.717, 1.165) is 33.2 Å². The van der Waals surface area contributed by atoms with Gasteiger partial charge >= 0.3 is 0 Å². The Balaban J connectivity index is 1.32. The predicted octanol–water partition coefficient (Wildman–Crippen LogP) is 6.45. The Morgan fingerprint density at radius 1 is 0.286 bits per heavy atom. The van der Waals surface area contributed by atoms with Crippen molar-refractivity contribution in [3.05, 3.63) is 127 Å². The summed E-state index contributed by atoms with van der Waals surface area (Å²) in [5.41, 5.74) is 7.00. The number of hydrogen-bond acceptors (Lipinski definition) is 0. The molecular formula is C44H21B5. The summed E-state index contributed by atoms with van der Waals surface area (Å²) in [6, 6.07) is 46.1. The van der Waals surface area contributed by atoms with Crippen LogP contribution in [0.5, 0.6) is 0 Å². The second-order valence-electron chi connectivity index (χ2n) is 13.1. The quantitative estimate of drug-likeness (QED) is 0.161. The van der Waals surface area contributed by atoms with Gasteiger partial charge in [-0.3, -0.25) is 0 Å². The van der Waals surface area contributed by atoms with Crippen molar-refractivity contribution < 1.29 is 0 Å². The molecule has 0 aliphatic carbocycles. The molecule has 0 heterocycles. The van der Waals surface area contributed by atoms with Crippen molar-refractivity contribution in [3.63, 3.8) is 0 Å². The molecule has 49 heavy (non-hydrogen) atoms. The molecule has 0 amide bonds. The Bertz CT molecular complexity index is 2930. The fourth-order valence-electron chi connectivity index (χ4n) is 8.25. The van der Waals surface area contributed by atoms with Gasteiger partial charge in [0.15, 0.2) is 0 Å². The van der Waals surface area contributed by atoms with E-state index in [1.165, 1.54) is 59.2 Å². The summed E-state index contributed by atoms with van der Waals surface area (Å²) in [6.45, 7) is 0. The van der Waals surface area contributed by atoms with Crippen molar-refractivity contribution in [1.29, 1.82) is 0 Å². The lowest BCUT2D eigenvalue weighted by Crippen LogP contribution is -2.55. The van der Waals surface area contributed by atoms with Crippen LogP contribution >= 0.6 is 0 Å². The van der Waals surface area contributed by atoms with Crippen LogP contribution in [0.3, 0.4) is 0 Å². The van der Waals surface area contributed by atoms with E-state index in [0.29, 0.717) is 16.5 Å². The fraction of sp³-hybridized carbons (Fsp3) is 0. The summed E-state index contributed by atoms with van der Waals surface area (Å²) < 4.78 is 0. The van der Waals surface area contributed by atoms with Gasteiger partial charge in [-0.1, -0.05) is 132 Å². The minimum Gasteiger partial charge on any atom is -0.112 e. The van der Waals surface area contributed by atoms with Crippen LogP contribution in [0.15, 0.2) is 127 Å². The molecule has 0 aromatic heterocycles. The molecule has 10 aromatic rings. The van der Waals surface area contributed by atoms with Gasteiger partial charge < -0.3 is 0 Å². The van der Waals surface area contributed by atoms with Crippen molar-refractivity contribution in [3.8, 4) is 33.4 Å². The summed E-state index contributed by atoms with van der Waals surface area (Å²) in [5, 5.41) is 14.7. The smallest absolute Gasteiger partial charge is 0.112 e. The van der Waals surface area contributed by atoms with Gasteiger partial charge in [-0.2, -0.15) is 0 Å². The molecule has 0 N–H and O–H groups in total. The SMILES string of the molecule is [B]c1c([B])c([B])c(-c2ccc(-c3ccc4ccc5cccc6ccc3c4c56)cc2-c2ccc3ccc4cccc5ccc2c3c45)c([B])c1[B]. The van der Waals surface area contributed by atoms with E-state index in [-0.39, 0.29) is 16.4 Å². The van der Waals surface area contributed by atoms with Crippen LogP contribution in [-0.4, -0.2) is 39.2 Å². The largest absolute Gasteiger partial charge is 0.113 e. The van der Waals surface area contributed by atoms with E-state index in [2.05, 4.69) is 127 Å². The molecule has 5 heteroatoms. The van der Waals surface area contributed by atoms with Crippen molar-refractivity contribution in [2.24, 2.45) is 0 Å². The van der Waals surface area contributed by atoms with Gasteiger partial charge in [0.1, 0.15) is 39.2 Å². The highest BCUT2D eigenvalue weighted by atomic mass is 14.2. The van der Waals surface area contributed by atoms with Crippen molar-refractivity contribution in [2.45, 2.75) is 0 Å². The highest BCUT2D eigenvalue weighted by molar-refractivity contribution is 6.68. The fourth-order valence-corrected chi connectivity index (χ4v) is 8.25. The number of benzene rings is 10. The van der Waals surface area contributed by atoms with E-state index in [1.54, 1.807) is 0 Å². The van der Waals surface area contributed by atoms with E-state index in [9.17, 15) is 0 Å². The molecule has 0 bridgehead atoms. The molecule has 0 fully saturated rings. The lowest BCUT2D eigenvalue weighted by atomic mass is 9.59. The summed E-state index contributed by atoms with van der Waals surface area (Å²) >= 11 is 0. The molecule has 10 rings (SSSR count). The molecule has 212 valence electrons. The molecule has 10 aromatic carbocycles. The zero-order chi connectivity index (χ0) is 33.1. The first-order chi connectivity index (χ1) is 23.9. The van der Waals surface area contributed by atoms with Crippen molar-refractivity contribution in [2.75, 3.05) is 0 Å². The van der Waals surface area contributed by atoms with Gasteiger partial charge in [0.25, 0.3) is 0 Å². The topological polar surface area (TPSA) is 0 Å². The molecule has 0 atom stereocenters. The normalized spacial score (nSPS) is 12.1. The first kappa shape index (κ1) is 28.6. The zero-order valence-corrected chi connectivity index (χ0v) is 26.5. The van der Waals surface area contributed by atoms with Gasteiger partial charge in [-0.25, -0.2) is 0 Å². The van der Waals surface area contributed by atoms with Gasteiger partial charge in [-0.15, -0.1) is 16.4 Å². The summed E-state index contributed by atoms with van der Waals surface area (Å²) in [7, 11) is 32.6. The van der Waals surface area contributed by atoms with Gasteiger partial charge in [0.2, 0.25) is 0 Å². The molecule has 0 saturated carbocycles. The Morgan fingerprint density at radius 3 is 1.20 bits per heavy atom. The highest BCUT2D eigenvalue weighted by Gasteiger charge is 2.20. The molecule has 10 radical (unpaired) electrons. The van der Waals surface area contributed by atoms with Gasteiger partial charge in [0, 0.05) is 0 Å². The third kappa shape index (κ3) is 3.94. The third-order valence-electron chi connectivity index (χ3n) is 10.6. The second kappa shape index (κ2) is 10.3.